The molecule has 0 radical (unpaired) electrons. The van der Waals surface area contributed by atoms with E-state index in [1.165, 1.54) is 6.07 Å². The minimum absolute atomic E-state index is 0.0929. The van der Waals surface area contributed by atoms with E-state index in [0.29, 0.717) is 10.9 Å². The molecule has 0 spiro atoms. The van der Waals surface area contributed by atoms with E-state index in [0.717, 1.165) is 5.82 Å². The van der Waals surface area contributed by atoms with Gasteiger partial charge in [-0.15, -0.1) is 0 Å². The predicted molar refractivity (Wildman–Crippen MR) is 62.7 cm³/mol. The van der Waals surface area contributed by atoms with E-state index in [2.05, 4.69) is 4.98 Å². The molecule has 5 heteroatoms. The SMILES string of the molecule is CN(C)c1ccc2c([N+](=O)[O-])cccc2n1. The lowest BCUT2D eigenvalue weighted by Gasteiger charge is -2.11. The number of rotatable bonds is 2. The van der Waals surface area contributed by atoms with Crippen molar-refractivity contribution < 1.29 is 4.92 Å². The molecule has 82 valence electrons. The minimum Gasteiger partial charge on any atom is -0.363 e. The summed E-state index contributed by atoms with van der Waals surface area (Å²) in [6, 6.07) is 8.41. The number of aromatic nitrogens is 1. The van der Waals surface area contributed by atoms with Gasteiger partial charge in [-0.25, -0.2) is 4.98 Å². The van der Waals surface area contributed by atoms with Crippen molar-refractivity contribution in [2.45, 2.75) is 0 Å². The van der Waals surface area contributed by atoms with Crippen molar-refractivity contribution in [2.75, 3.05) is 19.0 Å². The highest BCUT2D eigenvalue weighted by molar-refractivity contribution is 5.88. The molecule has 5 nitrogen and oxygen atoms in total. The largest absolute Gasteiger partial charge is 0.363 e. The average molecular weight is 217 g/mol. The van der Waals surface area contributed by atoms with Gasteiger partial charge >= 0.3 is 0 Å². The van der Waals surface area contributed by atoms with Crippen LogP contribution in [0, 0.1) is 10.1 Å². The number of hydrogen-bond donors (Lipinski definition) is 0. The molecule has 0 N–H and O–H groups in total. The molecule has 1 aromatic carbocycles. The van der Waals surface area contributed by atoms with Crippen LogP contribution < -0.4 is 4.90 Å². The van der Waals surface area contributed by atoms with Crippen LogP contribution in [-0.4, -0.2) is 24.0 Å². The molecule has 1 aromatic heterocycles. The Kier molecular flexibility index (Phi) is 2.44. The van der Waals surface area contributed by atoms with Crippen molar-refractivity contribution >= 4 is 22.4 Å². The second-order valence-electron chi connectivity index (χ2n) is 3.66. The summed E-state index contributed by atoms with van der Waals surface area (Å²) in [7, 11) is 3.76. The number of anilines is 1. The summed E-state index contributed by atoms with van der Waals surface area (Å²) in [6.45, 7) is 0. The maximum atomic E-state index is 10.8. The summed E-state index contributed by atoms with van der Waals surface area (Å²) in [5.74, 6) is 0.785. The van der Waals surface area contributed by atoms with Crippen molar-refractivity contribution in [1.29, 1.82) is 0 Å². The molecular formula is C11H11N3O2. The van der Waals surface area contributed by atoms with Gasteiger partial charge in [0.15, 0.2) is 0 Å². The van der Waals surface area contributed by atoms with Crippen molar-refractivity contribution in [2.24, 2.45) is 0 Å². The van der Waals surface area contributed by atoms with Crippen molar-refractivity contribution in [3.8, 4) is 0 Å². The summed E-state index contributed by atoms with van der Waals surface area (Å²) in [4.78, 5) is 16.6. The van der Waals surface area contributed by atoms with E-state index in [9.17, 15) is 10.1 Å². The van der Waals surface area contributed by atoms with Crippen LogP contribution in [0.15, 0.2) is 30.3 Å². The fraction of sp³-hybridized carbons (Fsp3) is 0.182. The normalized spacial score (nSPS) is 10.4. The Morgan fingerprint density at radius 1 is 1.25 bits per heavy atom. The van der Waals surface area contributed by atoms with Crippen LogP contribution >= 0.6 is 0 Å². The summed E-state index contributed by atoms with van der Waals surface area (Å²) in [5.41, 5.74) is 0.732. The van der Waals surface area contributed by atoms with Crippen molar-refractivity contribution in [3.05, 3.63) is 40.4 Å². The minimum atomic E-state index is -0.390. The first-order valence-electron chi connectivity index (χ1n) is 4.81. The molecule has 1 heterocycles. The summed E-state index contributed by atoms with van der Waals surface area (Å²) in [5, 5.41) is 11.4. The van der Waals surface area contributed by atoms with Crippen LogP contribution in [0.2, 0.25) is 0 Å². The first kappa shape index (κ1) is 10.4. The zero-order valence-corrected chi connectivity index (χ0v) is 9.04. The highest BCUT2D eigenvalue weighted by Crippen LogP contribution is 2.25. The molecule has 0 aliphatic carbocycles. The number of non-ortho nitro benzene ring substituents is 1. The molecule has 2 rings (SSSR count). The highest BCUT2D eigenvalue weighted by Gasteiger charge is 2.12. The fourth-order valence-electron chi connectivity index (χ4n) is 1.54. The second-order valence-corrected chi connectivity index (χ2v) is 3.66. The maximum absolute atomic E-state index is 10.8. The van der Waals surface area contributed by atoms with Crippen LogP contribution in [-0.2, 0) is 0 Å². The van der Waals surface area contributed by atoms with Gasteiger partial charge in [-0.3, -0.25) is 10.1 Å². The van der Waals surface area contributed by atoms with E-state index in [-0.39, 0.29) is 10.6 Å². The third kappa shape index (κ3) is 1.67. The van der Waals surface area contributed by atoms with Gasteiger partial charge in [0.2, 0.25) is 0 Å². The third-order valence-corrected chi connectivity index (χ3v) is 2.35. The fourth-order valence-corrected chi connectivity index (χ4v) is 1.54. The number of nitrogens with zero attached hydrogens (tertiary/aromatic N) is 3. The van der Waals surface area contributed by atoms with Crippen molar-refractivity contribution in [3.63, 3.8) is 0 Å². The van der Waals surface area contributed by atoms with Crippen LogP contribution in [0.5, 0.6) is 0 Å². The molecule has 0 aliphatic heterocycles. The average Bonchev–Trinajstić information content (AvgIpc) is 2.27. The zero-order valence-electron chi connectivity index (χ0n) is 9.04. The molecular weight excluding hydrogens is 206 g/mol. The number of benzene rings is 1. The summed E-state index contributed by atoms with van der Waals surface area (Å²) < 4.78 is 0. The molecule has 0 amide bonds. The van der Waals surface area contributed by atoms with Gasteiger partial charge in [-0.05, 0) is 18.2 Å². The summed E-state index contributed by atoms with van der Waals surface area (Å²) >= 11 is 0. The standard InChI is InChI=1S/C11H11N3O2/c1-13(2)11-7-6-8-9(12-11)4-3-5-10(8)14(15)16/h3-7H,1-2H3. The van der Waals surface area contributed by atoms with Crippen LogP contribution in [0.3, 0.4) is 0 Å². The number of hydrogen-bond acceptors (Lipinski definition) is 4. The van der Waals surface area contributed by atoms with Gasteiger partial charge < -0.3 is 4.90 Å². The Bertz CT molecular complexity index is 552. The van der Waals surface area contributed by atoms with Crippen LogP contribution in [0.4, 0.5) is 11.5 Å². The Hall–Kier alpha value is -2.17. The molecule has 0 saturated heterocycles. The monoisotopic (exact) mass is 217 g/mol. The van der Waals surface area contributed by atoms with Gasteiger partial charge in [-0.1, -0.05) is 6.07 Å². The van der Waals surface area contributed by atoms with E-state index in [1.807, 2.05) is 19.0 Å². The van der Waals surface area contributed by atoms with Gasteiger partial charge in [0, 0.05) is 20.2 Å². The number of fused-ring (bicyclic) bond motifs is 1. The van der Waals surface area contributed by atoms with Crippen LogP contribution in [0.1, 0.15) is 0 Å². The van der Waals surface area contributed by atoms with Crippen molar-refractivity contribution in [1.82, 2.24) is 4.98 Å². The maximum Gasteiger partial charge on any atom is 0.278 e. The Morgan fingerprint density at radius 2 is 2.00 bits per heavy atom. The zero-order chi connectivity index (χ0) is 11.7. The first-order valence-corrected chi connectivity index (χ1v) is 4.81. The number of pyridine rings is 1. The topological polar surface area (TPSA) is 59.3 Å². The number of nitro benzene ring substituents is 1. The lowest BCUT2D eigenvalue weighted by molar-refractivity contribution is -0.383. The highest BCUT2D eigenvalue weighted by atomic mass is 16.6. The van der Waals surface area contributed by atoms with Gasteiger partial charge in [0.05, 0.1) is 15.8 Å². The molecule has 0 atom stereocenters. The molecule has 0 unspecified atom stereocenters. The number of nitro groups is 1. The third-order valence-electron chi connectivity index (χ3n) is 2.35. The molecule has 0 aliphatic rings. The van der Waals surface area contributed by atoms with E-state index < -0.39 is 0 Å². The first-order chi connectivity index (χ1) is 7.59. The molecule has 0 saturated carbocycles. The molecule has 16 heavy (non-hydrogen) atoms. The second kappa shape index (κ2) is 3.77. The van der Waals surface area contributed by atoms with Gasteiger partial charge in [-0.2, -0.15) is 0 Å². The Balaban J connectivity index is 2.69. The lowest BCUT2D eigenvalue weighted by atomic mass is 10.2. The predicted octanol–water partition coefficient (Wildman–Crippen LogP) is 2.21. The Labute approximate surface area is 92.5 Å². The van der Waals surface area contributed by atoms with E-state index >= 15 is 0 Å². The van der Waals surface area contributed by atoms with Gasteiger partial charge in [0.1, 0.15) is 5.82 Å². The Morgan fingerprint density at radius 3 is 2.62 bits per heavy atom. The smallest absolute Gasteiger partial charge is 0.278 e. The van der Waals surface area contributed by atoms with Crippen LogP contribution in [0.25, 0.3) is 10.9 Å². The molecule has 0 fully saturated rings. The molecule has 2 aromatic rings. The van der Waals surface area contributed by atoms with Gasteiger partial charge in [0.25, 0.3) is 5.69 Å². The molecule has 0 bridgehead atoms. The lowest BCUT2D eigenvalue weighted by Crippen LogP contribution is -2.10. The van der Waals surface area contributed by atoms with E-state index in [1.54, 1.807) is 24.3 Å². The van der Waals surface area contributed by atoms with E-state index in [4.69, 9.17) is 0 Å². The summed E-state index contributed by atoms with van der Waals surface area (Å²) in [6.07, 6.45) is 0. The quantitative estimate of drug-likeness (QED) is 0.571.